The number of benzene rings is 1. The van der Waals surface area contributed by atoms with Crippen molar-refractivity contribution < 1.29 is 18.7 Å². The number of carbonyl (C=O) groups excluding carboxylic acids is 2. The lowest BCUT2D eigenvalue weighted by molar-refractivity contribution is -0.142. The molecule has 0 aromatic heterocycles. The molecule has 2 amide bonds. The topological polar surface area (TPSA) is 49.9 Å². The van der Waals surface area contributed by atoms with E-state index in [-0.39, 0.29) is 29.2 Å². The molecule has 5 nitrogen and oxygen atoms in total. The molecule has 3 rings (SSSR count). The Labute approximate surface area is 160 Å². The van der Waals surface area contributed by atoms with Gasteiger partial charge in [0.05, 0.1) is 6.04 Å². The van der Waals surface area contributed by atoms with E-state index in [1.165, 1.54) is 12.1 Å². The van der Waals surface area contributed by atoms with Gasteiger partial charge in [-0.15, -0.1) is 0 Å². The second-order valence-electron chi connectivity index (χ2n) is 9.07. The number of halogens is 1. The number of piperazine rings is 1. The Morgan fingerprint density at radius 2 is 1.70 bits per heavy atom. The van der Waals surface area contributed by atoms with Crippen LogP contribution in [0.4, 0.5) is 9.18 Å². The van der Waals surface area contributed by atoms with E-state index in [1.54, 1.807) is 17.0 Å². The first-order valence-electron chi connectivity index (χ1n) is 9.56. The SMILES string of the molecule is C[C@@H]1CN(C(=O)OC(C)(C)C)[C@H](c2ccc(F)cc2)CN1C(=O)C1(C)CC1. The summed E-state index contributed by atoms with van der Waals surface area (Å²) in [5, 5.41) is 0. The second-order valence-corrected chi connectivity index (χ2v) is 9.07. The van der Waals surface area contributed by atoms with Crippen molar-refractivity contribution in [2.45, 2.75) is 65.1 Å². The lowest BCUT2D eigenvalue weighted by Gasteiger charge is -2.46. The van der Waals surface area contributed by atoms with E-state index in [0.29, 0.717) is 13.1 Å². The highest BCUT2D eigenvalue weighted by molar-refractivity contribution is 5.85. The van der Waals surface area contributed by atoms with Gasteiger partial charge in [-0.2, -0.15) is 0 Å². The molecule has 1 heterocycles. The molecule has 0 spiro atoms. The van der Waals surface area contributed by atoms with Gasteiger partial charge in [-0.05, 0) is 58.2 Å². The van der Waals surface area contributed by atoms with Gasteiger partial charge in [-0.3, -0.25) is 9.69 Å². The van der Waals surface area contributed by atoms with E-state index in [1.807, 2.05) is 39.5 Å². The average molecular weight is 376 g/mol. The molecule has 1 aliphatic heterocycles. The Hall–Kier alpha value is -2.11. The minimum absolute atomic E-state index is 0.0980. The molecular weight excluding hydrogens is 347 g/mol. The van der Waals surface area contributed by atoms with Gasteiger partial charge in [0.15, 0.2) is 0 Å². The molecule has 6 heteroatoms. The van der Waals surface area contributed by atoms with Crippen LogP contribution in [0.15, 0.2) is 24.3 Å². The first-order chi connectivity index (χ1) is 12.5. The summed E-state index contributed by atoms with van der Waals surface area (Å²) < 4.78 is 19.0. The van der Waals surface area contributed by atoms with E-state index in [2.05, 4.69) is 0 Å². The molecule has 0 N–H and O–H groups in total. The normalized spacial score (nSPS) is 24.5. The quantitative estimate of drug-likeness (QED) is 0.780. The maximum atomic E-state index is 13.4. The minimum atomic E-state index is -0.609. The molecule has 27 heavy (non-hydrogen) atoms. The molecular formula is C21H29FN2O3. The van der Waals surface area contributed by atoms with Crippen molar-refractivity contribution >= 4 is 12.0 Å². The smallest absolute Gasteiger partial charge is 0.410 e. The highest BCUT2D eigenvalue weighted by Crippen LogP contribution is 2.47. The summed E-state index contributed by atoms with van der Waals surface area (Å²) in [5.74, 6) is -0.184. The number of amides is 2. The van der Waals surface area contributed by atoms with Crippen molar-refractivity contribution in [1.82, 2.24) is 9.80 Å². The zero-order chi connectivity index (χ0) is 20.0. The predicted molar refractivity (Wildman–Crippen MR) is 101 cm³/mol. The third-order valence-corrected chi connectivity index (χ3v) is 5.40. The molecule has 148 valence electrons. The van der Waals surface area contributed by atoms with Gasteiger partial charge < -0.3 is 9.64 Å². The molecule has 1 saturated carbocycles. The fraction of sp³-hybridized carbons (Fsp3) is 0.619. The molecule has 0 bridgehead atoms. The van der Waals surface area contributed by atoms with Gasteiger partial charge in [0.1, 0.15) is 11.4 Å². The Morgan fingerprint density at radius 3 is 2.22 bits per heavy atom. The summed E-state index contributed by atoms with van der Waals surface area (Å²) in [7, 11) is 0. The Balaban J connectivity index is 1.89. The van der Waals surface area contributed by atoms with Crippen LogP contribution in [0.5, 0.6) is 0 Å². The first kappa shape index (κ1) is 19.6. The zero-order valence-electron chi connectivity index (χ0n) is 16.8. The fourth-order valence-electron chi connectivity index (χ4n) is 3.50. The minimum Gasteiger partial charge on any atom is -0.444 e. The van der Waals surface area contributed by atoms with E-state index < -0.39 is 11.7 Å². The van der Waals surface area contributed by atoms with Crippen LogP contribution in [0.1, 0.15) is 59.1 Å². The molecule has 1 aromatic carbocycles. The monoisotopic (exact) mass is 376 g/mol. The highest BCUT2D eigenvalue weighted by Gasteiger charge is 2.50. The number of nitrogens with zero attached hydrogens (tertiary/aromatic N) is 2. The van der Waals surface area contributed by atoms with E-state index >= 15 is 0 Å². The standard InChI is InChI=1S/C21H29FN2O3/c1-14-12-24(19(26)27-20(2,3)4)17(15-6-8-16(22)9-7-15)13-23(14)18(25)21(5)10-11-21/h6-9,14,17H,10-13H2,1-5H3/t14-,17+/m1/s1. The highest BCUT2D eigenvalue weighted by atomic mass is 19.1. The fourth-order valence-corrected chi connectivity index (χ4v) is 3.50. The Morgan fingerprint density at radius 1 is 1.11 bits per heavy atom. The van der Waals surface area contributed by atoms with Gasteiger partial charge in [0, 0.05) is 24.5 Å². The lowest BCUT2D eigenvalue weighted by Crippen LogP contribution is -2.58. The van der Waals surface area contributed by atoms with E-state index in [4.69, 9.17) is 4.74 Å². The van der Waals surface area contributed by atoms with Crippen LogP contribution in [0, 0.1) is 11.2 Å². The number of rotatable bonds is 2. The number of hydrogen-bond acceptors (Lipinski definition) is 3. The van der Waals surface area contributed by atoms with Crippen molar-refractivity contribution in [3.8, 4) is 0 Å². The molecule has 1 saturated heterocycles. The first-order valence-corrected chi connectivity index (χ1v) is 9.56. The molecule has 2 aliphatic rings. The summed E-state index contributed by atoms with van der Waals surface area (Å²) in [4.78, 5) is 29.3. The van der Waals surface area contributed by atoms with Gasteiger partial charge in [-0.1, -0.05) is 19.1 Å². The average Bonchev–Trinajstić information content (AvgIpc) is 3.32. The third kappa shape index (κ3) is 4.25. The molecule has 1 aromatic rings. The summed E-state index contributed by atoms with van der Waals surface area (Å²) in [5.41, 5.74) is -0.0782. The van der Waals surface area contributed by atoms with E-state index in [0.717, 1.165) is 18.4 Å². The third-order valence-electron chi connectivity index (χ3n) is 5.40. The Kier molecular flexibility index (Phi) is 4.95. The summed E-state index contributed by atoms with van der Waals surface area (Å²) in [6.45, 7) is 10.2. The second kappa shape index (κ2) is 6.80. The van der Waals surface area contributed by atoms with E-state index in [9.17, 15) is 14.0 Å². The molecule has 1 aliphatic carbocycles. The van der Waals surface area contributed by atoms with Crippen LogP contribution in [-0.2, 0) is 9.53 Å². The summed E-state index contributed by atoms with van der Waals surface area (Å²) in [6, 6.07) is 5.66. The van der Waals surface area contributed by atoms with Crippen molar-refractivity contribution in [2.24, 2.45) is 5.41 Å². The lowest BCUT2D eigenvalue weighted by atomic mass is 9.97. The molecule has 0 radical (unpaired) electrons. The van der Waals surface area contributed by atoms with Crippen molar-refractivity contribution in [3.05, 3.63) is 35.6 Å². The molecule has 2 fully saturated rings. The van der Waals surface area contributed by atoms with Gasteiger partial charge in [0.2, 0.25) is 5.91 Å². The number of ether oxygens (including phenoxy) is 1. The van der Waals surface area contributed by atoms with Crippen molar-refractivity contribution in [1.29, 1.82) is 0 Å². The van der Waals surface area contributed by atoms with Crippen LogP contribution in [0.2, 0.25) is 0 Å². The maximum absolute atomic E-state index is 13.4. The maximum Gasteiger partial charge on any atom is 0.410 e. The number of hydrogen-bond donors (Lipinski definition) is 0. The van der Waals surface area contributed by atoms with Crippen LogP contribution in [0.25, 0.3) is 0 Å². The van der Waals surface area contributed by atoms with Gasteiger partial charge in [-0.25, -0.2) is 9.18 Å². The van der Waals surface area contributed by atoms with Gasteiger partial charge >= 0.3 is 6.09 Å². The Bertz CT molecular complexity index is 722. The van der Waals surface area contributed by atoms with Crippen molar-refractivity contribution in [2.75, 3.05) is 13.1 Å². The van der Waals surface area contributed by atoms with Crippen molar-refractivity contribution in [3.63, 3.8) is 0 Å². The van der Waals surface area contributed by atoms with Crippen LogP contribution in [-0.4, -0.2) is 46.5 Å². The van der Waals surface area contributed by atoms with Crippen LogP contribution < -0.4 is 0 Å². The zero-order valence-corrected chi connectivity index (χ0v) is 16.8. The van der Waals surface area contributed by atoms with Gasteiger partial charge in [0.25, 0.3) is 0 Å². The largest absolute Gasteiger partial charge is 0.444 e. The molecule has 2 atom stereocenters. The summed E-state index contributed by atoms with van der Waals surface area (Å²) in [6.07, 6.45) is 1.41. The van der Waals surface area contributed by atoms with Crippen LogP contribution in [0.3, 0.4) is 0 Å². The summed E-state index contributed by atoms with van der Waals surface area (Å²) >= 11 is 0. The molecule has 0 unspecified atom stereocenters. The predicted octanol–water partition coefficient (Wildman–Crippen LogP) is 4.13. The van der Waals surface area contributed by atoms with Crippen LogP contribution >= 0.6 is 0 Å². The number of carbonyl (C=O) groups is 2.